The first kappa shape index (κ1) is 93.8. The van der Waals surface area contributed by atoms with E-state index in [4.69, 9.17) is 17.3 Å². The van der Waals surface area contributed by atoms with Crippen molar-refractivity contribution >= 4 is 133 Å². The molecule has 0 saturated carbocycles. The number of halogens is 1. The first-order chi connectivity index (χ1) is 55.5. The number of carboxylic acid groups (broad SMARTS) is 3. The summed E-state index contributed by atoms with van der Waals surface area (Å²) in [6.45, 7) is 9.97. The molecule has 11 amide bonds. The van der Waals surface area contributed by atoms with Crippen molar-refractivity contribution in [1.29, 1.82) is 0 Å². The first-order valence-corrected chi connectivity index (χ1v) is 39.9. The summed E-state index contributed by atoms with van der Waals surface area (Å²) < 4.78 is 27.2. The standard InChI is InChI=1S/C76H101ClN18O21S/c1-7-117(115,116)93-48-28-26-46(27-29-48)71(108)79-35-17-8-9-25-59(96)87-55(30-32-60(97)98)74(111)85-42(3)67(104)82-43(4)68(105)90-56(31-33-61(99)100)75(112)86-45(6)69(106)89-54(23-14-16-34-78)73(110)84-41(2)66(103)83-44(5)70(107)91-57(76(113)114)24-15-18-36-95-40-49(92-94-95)39-81-72(109)58(37-47-38-80-53-22-13-12-19-50(47)53)88-63-62(77)64(101)51-20-10-11-21-52(51)65(63)102/h7,10-13,19-22,26-29,38,40-45,54-58,62-63,80,88,93H,1,8-9,14-18,23-25,30-37,39,78H2,2-6H3,(H,79,108)(H,81,109)(H,82,104)(H,83,103)(H,84,110)(H,85,111)(H,86,112)(H,87,96)(H,89,106)(H,90,105)(H,91,107)(H,97,98)(H,99,100)(H,113,114)/t41-,42-,43-,44-,45-,54-,55-,56-,57?,58-,62?,63?/m0/s1. The van der Waals surface area contributed by atoms with Crippen LogP contribution in [-0.2, 0) is 91.9 Å². The highest BCUT2D eigenvalue weighted by Gasteiger charge is 2.43. The van der Waals surface area contributed by atoms with Gasteiger partial charge in [0.25, 0.3) is 15.9 Å². The van der Waals surface area contributed by atoms with E-state index in [1.54, 1.807) is 24.5 Å². The van der Waals surface area contributed by atoms with Crippen LogP contribution in [0.4, 0.5) is 5.69 Å². The van der Waals surface area contributed by atoms with Crippen molar-refractivity contribution in [2.45, 2.75) is 216 Å². The Hall–Kier alpha value is -12.0. The second-order valence-corrected chi connectivity index (χ2v) is 30.1. The number of nitrogens with two attached hydrogens (primary N) is 1. The number of aryl methyl sites for hydroxylation is 1. The summed E-state index contributed by atoms with van der Waals surface area (Å²) in [5.74, 6) is -14.1. The zero-order valence-corrected chi connectivity index (χ0v) is 66.7. The van der Waals surface area contributed by atoms with Gasteiger partial charge in [0.15, 0.2) is 11.6 Å². The van der Waals surface area contributed by atoms with Crippen molar-refractivity contribution in [3.05, 3.63) is 125 Å². The van der Waals surface area contributed by atoms with Crippen molar-refractivity contribution < 1.29 is 100 Å². The number of carboxylic acids is 3. The van der Waals surface area contributed by atoms with Crippen LogP contribution in [0.5, 0.6) is 0 Å². The molecule has 6 rings (SSSR count). The van der Waals surface area contributed by atoms with Crippen LogP contribution in [0.3, 0.4) is 0 Å². The molecular formula is C76H101ClN18O21S. The van der Waals surface area contributed by atoms with Crippen LogP contribution in [0, 0.1) is 0 Å². The van der Waals surface area contributed by atoms with E-state index in [0.29, 0.717) is 37.8 Å². The molecule has 117 heavy (non-hydrogen) atoms. The fraction of sp³-hybridized carbons (Fsp3) is 0.474. The molecule has 1 aliphatic carbocycles. The number of aromatic nitrogens is 4. The molecule has 12 atom stereocenters. The summed E-state index contributed by atoms with van der Waals surface area (Å²) in [4.78, 5) is 214. The number of benzene rings is 3. The number of hydrogen-bond acceptors (Lipinski definition) is 22. The largest absolute Gasteiger partial charge is 0.481 e. The van der Waals surface area contributed by atoms with Gasteiger partial charge in [0.05, 0.1) is 24.8 Å². The molecule has 0 radical (unpaired) electrons. The number of amides is 11. The van der Waals surface area contributed by atoms with Gasteiger partial charge in [0.2, 0.25) is 59.1 Å². The first-order valence-electron chi connectivity index (χ1n) is 37.9. The van der Waals surface area contributed by atoms with Gasteiger partial charge >= 0.3 is 17.9 Å². The summed E-state index contributed by atoms with van der Waals surface area (Å²) in [7, 11) is -3.74. The Morgan fingerprint density at radius 3 is 1.60 bits per heavy atom. The van der Waals surface area contributed by atoms with Crippen LogP contribution in [0.1, 0.15) is 167 Å². The number of ketones is 2. The van der Waals surface area contributed by atoms with Crippen LogP contribution in [0.2, 0.25) is 0 Å². The number of para-hydroxylation sites is 1. The van der Waals surface area contributed by atoms with Crippen molar-refractivity contribution in [2.75, 3.05) is 17.8 Å². The number of aromatic amines is 1. The third-order valence-corrected chi connectivity index (χ3v) is 20.2. The minimum atomic E-state index is -3.74. The molecule has 0 spiro atoms. The molecule has 1 aliphatic rings. The number of fused-ring (bicyclic) bond motifs is 2. The summed E-state index contributed by atoms with van der Waals surface area (Å²) in [5, 5.41) is 67.8. The molecule has 3 aromatic carbocycles. The van der Waals surface area contributed by atoms with Crippen LogP contribution >= 0.6 is 11.6 Å². The van der Waals surface area contributed by atoms with Crippen molar-refractivity contribution in [2.24, 2.45) is 5.73 Å². The van der Waals surface area contributed by atoms with Crippen LogP contribution in [0.25, 0.3) is 10.9 Å². The topological polar surface area (TPSA) is 597 Å². The number of carbonyl (C=O) groups is 16. The van der Waals surface area contributed by atoms with E-state index in [0.717, 1.165) is 21.9 Å². The quantitative estimate of drug-likeness (QED) is 0.0181. The number of carbonyl (C=O) groups excluding carboxylic acids is 13. The van der Waals surface area contributed by atoms with E-state index in [1.807, 2.05) is 24.3 Å². The van der Waals surface area contributed by atoms with Gasteiger partial charge in [-0.15, -0.1) is 16.7 Å². The fourth-order valence-corrected chi connectivity index (χ4v) is 12.9. The third kappa shape index (κ3) is 30.0. The molecule has 0 aliphatic heterocycles. The number of nitrogens with one attached hydrogen (secondary N) is 14. The Morgan fingerprint density at radius 2 is 1.05 bits per heavy atom. The number of alkyl halides is 1. The number of rotatable bonds is 50. The maximum absolute atomic E-state index is 14.0. The summed E-state index contributed by atoms with van der Waals surface area (Å²) in [5.41, 5.74) is 8.50. The average molecular weight is 1670 g/mol. The van der Waals surface area contributed by atoms with Crippen LogP contribution in [0.15, 0.2) is 97.2 Å². The number of Topliss-reactive ketones (excluding diaryl/α,β-unsaturated/α-hetero) is 2. The fourth-order valence-electron chi connectivity index (χ4n) is 12.1. The number of nitrogens with zero attached hydrogens (tertiary/aromatic N) is 3. The summed E-state index contributed by atoms with van der Waals surface area (Å²) in [6.07, 6.45) is 3.54. The Labute approximate surface area is 678 Å². The zero-order valence-electron chi connectivity index (χ0n) is 65.1. The second-order valence-electron chi connectivity index (χ2n) is 28.0. The minimum Gasteiger partial charge on any atom is -0.481 e. The minimum absolute atomic E-state index is 0.0369. The van der Waals surface area contributed by atoms with E-state index in [2.05, 4.69) is 90.4 Å². The molecule has 3 unspecified atom stereocenters. The molecule has 2 aromatic heterocycles. The summed E-state index contributed by atoms with van der Waals surface area (Å²) >= 11 is 6.61. The molecule has 0 saturated heterocycles. The van der Waals surface area contributed by atoms with Gasteiger partial charge in [-0.1, -0.05) is 60.7 Å². The normalized spacial score (nSPS) is 15.7. The lowest BCUT2D eigenvalue weighted by atomic mass is 9.85. The van der Waals surface area contributed by atoms with Gasteiger partial charge in [0, 0.05) is 77.2 Å². The number of H-pyrrole nitrogens is 1. The summed E-state index contributed by atoms with van der Waals surface area (Å²) in [6, 6.07) is 4.24. The van der Waals surface area contributed by atoms with Gasteiger partial charge in [-0.2, -0.15) is 0 Å². The van der Waals surface area contributed by atoms with Gasteiger partial charge in [-0.05, 0) is 148 Å². The highest BCUT2D eigenvalue weighted by molar-refractivity contribution is 7.95. The van der Waals surface area contributed by atoms with Crippen LogP contribution in [-0.4, -0.2) is 223 Å². The number of anilines is 1. The highest BCUT2D eigenvalue weighted by atomic mass is 35.5. The molecule has 0 fully saturated rings. The lowest BCUT2D eigenvalue weighted by Crippen LogP contribution is -2.59. The lowest BCUT2D eigenvalue weighted by molar-refractivity contribution is -0.142. The van der Waals surface area contributed by atoms with Crippen LogP contribution < -0.4 is 74.3 Å². The Bertz CT molecular complexity index is 4540. The van der Waals surface area contributed by atoms with Crippen molar-refractivity contribution in [3.63, 3.8) is 0 Å². The van der Waals surface area contributed by atoms with Gasteiger partial charge in [0.1, 0.15) is 65.4 Å². The van der Waals surface area contributed by atoms with E-state index in [-0.39, 0.29) is 93.5 Å². The van der Waals surface area contributed by atoms with E-state index < -0.39 is 196 Å². The van der Waals surface area contributed by atoms with E-state index >= 15 is 0 Å². The van der Waals surface area contributed by atoms with Gasteiger partial charge in [-0.3, -0.25) is 86.6 Å². The maximum Gasteiger partial charge on any atom is 0.326 e. The Balaban J connectivity index is 0.923. The van der Waals surface area contributed by atoms with Gasteiger partial charge < -0.3 is 84.5 Å². The Kier molecular flexibility index (Phi) is 36.8. The molecule has 0 bridgehead atoms. The zero-order chi connectivity index (χ0) is 86.2. The monoisotopic (exact) mass is 1670 g/mol. The van der Waals surface area contributed by atoms with E-state index in [9.17, 15) is 100 Å². The molecule has 19 N–H and O–H groups in total. The third-order valence-electron chi connectivity index (χ3n) is 18.8. The van der Waals surface area contributed by atoms with Crippen molar-refractivity contribution in [1.82, 2.24) is 83.8 Å². The van der Waals surface area contributed by atoms with E-state index in [1.165, 1.54) is 75.7 Å². The molecule has 634 valence electrons. The number of sulfonamides is 1. The van der Waals surface area contributed by atoms with Gasteiger partial charge in [-0.25, -0.2) is 13.2 Å². The number of unbranched alkanes of at least 4 members (excludes halogenated alkanes) is 4. The highest BCUT2D eigenvalue weighted by Crippen LogP contribution is 2.27. The molecule has 2 heterocycles. The predicted molar refractivity (Wildman–Crippen MR) is 423 cm³/mol. The smallest absolute Gasteiger partial charge is 0.326 e. The second kappa shape index (κ2) is 45.9. The molecular weight excluding hydrogens is 1570 g/mol. The molecule has 5 aromatic rings. The average Bonchev–Trinajstić information content (AvgIpc) is 0.994. The SMILES string of the molecule is C=CS(=O)(=O)Nc1ccc(C(=O)NCCCCCC(=O)N[C@@H](CCC(=O)O)C(=O)N[C@@H](C)C(=O)N[C@@H](C)C(=O)N[C@@H](CCC(=O)O)C(=O)N[C@@H](C)C(=O)N[C@@H](CCCCN)C(=O)N[C@@H](C)C(=O)N[C@@H](C)C(=O)NC(CCCCn2cc(CNC(=O)[C@H](Cc3c[nH]c4ccccc34)NC3C(=O)c4ccccc4C(=O)C3Cl)nn2)C(=O)O)cc1. The van der Waals surface area contributed by atoms with Crippen molar-refractivity contribution in [3.8, 4) is 0 Å². The number of aliphatic carboxylic acids is 3. The molecule has 41 heteroatoms. The number of hydrogen-bond donors (Lipinski definition) is 18. The lowest BCUT2D eigenvalue weighted by Gasteiger charge is -2.30. The Morgan fingerprint density at radius 1 is 0.556 bits per heavy atom. The predicted octanol–water partition coefficient (Wildman–Crippen LogP) is 0.0835. The maximum atomic E-state index is 14.0. The molecule has 39 nitrogen and oxygen atoms in total.